The van der Waals surface area contributed by atoms with Gasteiger partial charge in [-0.1, -0.05) is 6.07 Å². The van der Waals surface area contributed by atoms with Crippen LogP contribution in [0.2, 0.25) is 0 Å². The Labute approximate surface area is 143 Å². The van der Waals surface area contributed by atoms with Gasteiger partial charge in [0.15, 0.2) is 0 Å². The van der Waals surface area contributed by atoms with E-state index in [2.05, 4.69) is 10.2 Å². The Morgan fingerprint density at radius 3 is 2.48 bits per heavy atom. The lowest BCUT2D eigenvalue weighted by Gasteiger charge is -2.28. The number of nitrogens with one attached hydrogen (secondary N) is 1. The molecule has 1 aromatic rings. The zero-order valence-electron chi connectivity index (χ0n) is 13.7. The second kappa shape index (κ2) is 7.88. The predicted octanol–water partition coefficient (Wildman–Crippen LogP) is 2.02. The van der Waals surface area contributed by atoms with Gasteiger partial charge < -0.3 is 19.7 Å². The summed E-state index contributed by atoms with van der Waals surface area (Å²) in [6.45, 7) is 1.91. The lowest BCUT2D eigenvalue weighted by molar-refractivity contribution is -0.133. The minimum atomic E-state index is 0. The van der Waals surface area contributed by atoms with E-state index in [-0.39, 0.29) is 18.3 Å². The quantitative estimate of drug-likeness (QED) is 0.911. The van der Waals surface area contributed by atoms with Crippen LogP contribution in [0.5, 0.6) is 11.5 Å². The zero-order valence-corrected chi connectivity index (χ0v) is 14.5. The summed E-state index contributed by atoms with van der Waals surface area (Å²) in [6.07, 6.45) is 3.61. The van der Waals surface area contributed by atoms with Crippen LogP contribution in [0.4, 0.5) is 0 Å². The molecule has 2 bridgehead atoms. The first-order valence-corrected chi connectivity index (χ1v) is 7.96. The average molecular weight is 341 g/mol. The van der Waals surface area contributed by atoms with Crippen molar-refractivity contribution in [2.45, 2.75) is 37.8 Å². The third-order valence-corrected chi connectivity index (χ3v) is 4.80. The SMILES string of the molecule is COc1cccc(OC)c1CC(=O)N1C2CCNCC1CC2.Cl. The molecule has 2 atom stereocenters. The Bertz CT molecular complexity index is 516. The minimum Gasteiger partial charge on any atom is -0.496 e. The average Bonchev–Trinajstić information content (AvgIpc) is 2.80. The van der Waals surface area contributed by atoms with Gasteiger partial charge in [-0.15, -0.1) is 12.4 Å². The van der Waals surface area contributed by atoms with E-state index >= 15 is 0 Å². The summed E-state index contributed by atoms with van der Waals surface area (Å²) in [5, 5.41) is 3.43. The van der Waals surface area contributed by atoms with Crippen molar-refractivity contribution in [3.8, 4) is 11.5 Å². The molecule has 0 aliphatic carbocycles. The molecular formula is C17H25ClN2O3. The fraction of sp³-hybridized carbons (Fsp3) is 0.588. The predicted molar refractivity (Wildman–Crippen MR) is 91.6 cm³/mol. The summed E-state index contributed by atoms with van der Waals surface area (Å²) in [7, 11) is 3.25. The lowest BCUT2D eigenvalue weighted by atomic mass is 10.1. The topological polar surface area (TPSA) is 50.8 Å². The lowest BCUT2D eigenvalue weighted by Crippen LogP contribution is -2.43. The van der Waals surface area contributed by atoms with E-state index < -0.39 is 0 Å². The fourth-order valence-corrected chi connectivity index (χ4v) is 3.73. The van der Waals surface area contributed by atoms with Gasteiger partial charge >= 0.3 is 0 Å². The van der Waals surface area contributed by atoms with Crippen LogP contribution in [-0.4, -0.2) is 50.2 Å². The van der Waals surface area contributed by atoms with E-state index in [0.29, 0.717) is 30.0 Å². The molecule has 0 radical (unpaired) electrons. The molecule has 1 N–H and O–H groups in total. The number of carbonyl (C=O) groups is 1. The van der Waals surface area contributed by atoms with Gasteiger partial charge in [0.2, 0.25) is 5.91 Å². The highest BCUT2D eigenvalue weighted by Gasteiger charge is 2.38. The van der Waals surface area contributed by atoms with E-state index in [9.17, 15) is 4.79 Å². The van der Waals surface area contributed by atoms with Crippen molar-refractivity contribution < 1.29 is 14.3 Å². The molecule has 3 rings (SSSR count). The van der Waals surface area contributed by atoms with Crippen molar-refractivity contribution in [3.63, 3.8) is 0 Å². The highest BCUT2D eigenvalue weighted by molar-refractivity contribution is 5.85. The van der Waals surface area contributed by atoms with Crippen LogP contribution in [0.3, 0.4) is 0 Å². The van der Waals surface area contributed by atoms with Crippen LogP contribution >= 0.6 is 12.4 Å². The van der Waals surface area contributed by atoms with Gasteiger partial charge in [-0.3, -0.25) is 4.79 Å². The molecular weight excluding hydrogens is 316 g/mol. The van der Waals surface area contributed by atoms with Crippen molar-refractivity contribution in [1.82, 2.24) is 10.2 Å². The van der Waals surface area contributed by atoms with Gasteiger partial charge in [0.25, 0.3) is 0 Å². The van der Waals surface area contributed by atoms with Crippen LogP contribution in [0.25, 0.3) is 0 Å². The van der Waals surface area contributed by atoms with Crippen molar-refractivity contribution in [2.75, 3.05) is 27.3 Å². The molecule has 2 heterocycles. The normalized spacial score (nSPS) is 23.0. The van der Waals surface area contributed by atoms with E-state index in [1.165, 1.54) is 0 Å². The summed E-state index contributed by atoms with van der Waals surface area (Å²) < 4.78 is 10.8. The molecule has 2 aliphatic heterocycles. The van der Waals surface area contributed by atoms with Gasteiger partial charge in [-0.25, -0.2) is 0 Å². The maximum absolute atomic E-state index is 12.9. The third-order valence-electron chi connectivity index (χ3n) is 4.80. The summed E-state index contributed by atoms with van der Waals surface area (Å²) in [5.74, 6) is 1.61. The second-order valence-corrected chi connectivity index (χ2v) is 6.00. The Balaban J connectivity index is 0.00000192. The van der Waals surface area contributed by atoms with Crippen LogP contribution in [-0.2, 0) is 11.2 Å². The largest absolute Gasteiger partial charge is 0.496 e. The zero-order chi connectivity index (χ0) is 15.5. The van der Waals surface area contributed by atoms with E-state index in [0.717, 1.165) is 37.9 Å². The highest BCUT2D eigenvalue weighted by atomic mass is 35.5. The summed E-state index contributed by atoms with van der Waals surface area (Å²) in [4.78, 5) is 15.0. The van der Waals surface area contributed by atoms with E-state index in [1.807, 2.05) is 18.2 Å². The van der Waals surface area contributed by atoms with Gasteiger partial charge in [0.1, 0.15) is 11.5 Å². The number of rotatable bonds is 4. The molecule has 128 valence electrons. The van der Waals surface area contributed by atoms with Crippen LogP contribution in [0, 0.1) is 0 Å². The molecule has 5 nitrogen and oxygen atoms in total. The molecule has 2 unspecified atom stereocenters. The Morgan fingerprint density at radius 1 is 1.17 bits per heavy atom. The molecule has 1 aromatic carbocycles. The number of amides is 1. The molecule has 23 heavy (non-hydrogen) atoms. The highest BCUT2D eigenvalue weighted by Crippen LogP contribution is 2.32. The monoisotopic (exact) mass is 340 g/mol. The summed E-state index contributed by atoms with van der Waals surface area (Å²) in [5.41, 5.74) is 0.842. The Hall–Kier alpha value is -1.46. The van der Waals surface area contributed by atoms with Crippen molar-refractivity contribution >= 4 is 18.3 Å². The van der Waals surface area contributed by atoms with E-state index in [4.69, 9.17) is 9.47 Å². The fourth-order valence-electron chi connectivity index (χ4n) is 3.73. The van der Waals surface area contributed by atoms with Crippen LogP contribution in [0.1, 0.15) is 24.8 Å². The number of nitrogens with zero attached hydrogens (tertiary/aromatic N) is 1. The summed E-state index contributed by atoms with van der Waals surface area (Å²) in [6, 6.07) is 6.35. The van der Waals surface area contributed by atoms with Gasteiger partial charge in [0.05, 0.1) is 20.6 Å². The molecule has 1 amide bonds. The number of carbonyl (C=O) groups excluding carboxylic acids is 1. The molecule has 6 heteroatoms. The maximum atomic E-state index is 12.9. The second-order valence-electron chi connectivity index (χ2n) is 6.00. The van der Waals surface area contributed by atoms with Crippen molar-refractivity contribution in [3.05, 3.63) is 23.8 Å². The van der Waals surface area contributed by atoms with E-state index in [1.54, 1.807) is 14.2 Å². The Kier molecular flexibility index (Phi) is 6.13. The Morgan fingerprint density at radius 2 is 1.83 bits per heavy atom. The first-order chi connectivity index (χ1) is 10.7. The standard InChI is InChI=1S/C17H24N2O3.ClH/c1-21-15-4-3-5-16(22-2)14(15)10-17(20)19-12-6-7-13(19)11-18-9-8-12;/h3-5,12-13,18H,6-11H2,1-2H3;1H. The summed E-state index contributed by atoms with van der Waals surface area (Å²) >= 11 is 0. The molecule has 2 fully saturated rings. The smallest absolute Gasteiger partial charge is 0.227 e. The van der Waals surface area contributed by atoms with Gasteiger partial charge in [0, 0.05) is 24.2 Å². The molecule has 0 aromatic heterocycles. The number of fused-ring (bicyclic) bond motifs is 2. The molecule has 0 spiro atoms. The number of benzene rings is 1. The van der Waals surface area contributed by atoms with Gasteiger partial charge in [-0.2, -0.15) is 0 Å². The van der Waals surface area contributed by atoms with Crippen LogP contribution < -0.4 is 14.8 Å². The third kappa shape index (κ3) is 3.56. The number of ether oxygens (including phenoxy) is 2. The molecule has 2 saturated heterocycles. The van der Waals surface area contributed by atoms with Gasteiger partial charge in [-0.05, 0) is 37.9 Å². The first-order valence-electron chi connectivity index (χ1n) is 7.96. The number of methoxy groups -OCH3 is 2. The molecule has 2 aliphatic rings. The van der Waals surface area contributed by atoms with Crippen molar-refractivity contribution in [1.29, 1.82) is 0 Å². The maximum Gasteiger partial charge on any atom is 0.227 e. The van der Waals surface area contributed by atoms with Crippen molar-refractivity contribution in [2.24, 2.45) is 0 Å². The van der Waals surface area contributed by atoms with Crippen LogP contribution in [0.15, 0.2) is 18.2 Å². The minimum absolute atomic E-state index is 0. The molecule has 0 saturated carbocycles. The number of hydrogen-bond acceptors (Lipinski definition) is 4. The first kappa shape index (κ1) is 17.9. The number of halogens is 1. The number of hydrogen-bond donors (Lipinski definition) is 1.